The van der Waals surface area contributed by atoms with Gasteiger partial charge in [-0.1, -0.05) is 25.4 Å². The molecule has 3 nitrogen and oxygen atoms in total. The van der Waals surface area contributed by atoms with Crippen molar-refractivity contribution in [2.75, 3.05) is 6.61 Å². The van der Waals surface area contributed by atoms with Crippen LogP contribution in [0.4, 0.5) is 13.2 Å². The molecule has 132 valence electrons. The lowest BCUT2D eigenvalue weighted by Crippen LogP contribution is -2.41. The monoisotopic (exact) mass is 362 g/mol. The van der Waals surface area contributed by atoms with E-state index < -0.39 is 23.8 Å². The number of alkyl halides is 3. The Bertz CT molecular complexity index is 693. The smallest absolute Gasteiger partial charge is 0.430 e. The zero-order valence-corrected chi connectivity index (χ0v) is 14.5. The highest BCUT2D eigenvalue weighted by Crippen LogP contribution is 2.44. The molecule has 24 heavy (non-hydrogen) atoms. The van der Waals surface area contributed by atoms with Gasteiger partial charge < -0.3 is 9.47 Å². The number of hydrogen-bond acceptors (Lipinski definition) is 3. The Labute approximate surface area is 143 Å². The topological polar surface area (TPSA) is 35.5 Å². The molecule has 1 aromatic rings. The zero-order valence-electron chi connectivity index (χ0n) is 13.8. The highest BCUT2D eigenvalue weighted by molar-refractivity contribution is 6.31. The summed E-state index contributed by atoms with van der Waals surface area (Å²) in [5, 5.41) is 0.408. The van der Waals surface area contributed by atoms with E-state index in [1.807, 2.05) is 13.8 Å². The standard InChI is InChI=1S/C17H18ClF3O3/c1-5-23-16(22)12-6-11-9(4)13(18)7-10(8(2)3)14(11)24-15(12)17(19,20)21/h6-8,15H,5H2,1-4H3. The number of ether oxygens (including phenoxy) is 2. The summed E-state index contributed by atoms with van der Waals surface area (Å²) in [5.41, 5.74) is 0.930. The molecular weight excluding hydrogens is 345 g/mol. The van der Waals surface area contributed by atoms with Gasteiger partial charge in [0.15, 0.2) is 0 Å². The molecule has 1 unspecified atom stereocenters. The first-order chi connectivity index (χ1) is 11.1. The Morgan fingerprint density at radius 3 is 2.54 bits per heavy atom. The molecule has 1 atom stereocenters. The van der Waals surface area contributed by atoms with Gasteiger partial charge in [0.1, 0.15) is 5.75 Å². The highest BCUT2D eigenvalue weighted by Gasteiger charge is 2.49. The van der Waals surface area contributed by atoms with Crippen LogP contribution in [0.2, 0.25) is 5.02 Å². The van der Waals surface area contributed by atoms with Crippen LogP contribution in [0.15, 0.2) is 11.6 Å². The summed E-state index contributed by atoms with van der Waals surface area (Å²) >= 11 is 6.19. The van der Waals surface area contributed by atoms with Gasteiger partial charge in [-0.2, -0.15) is 13.2 Å². The first-order valence-electron chi connectivity index (χ1n) is 7.53. The average molecular weight is 363 g/mol. The molecule has 1 aromatic carbocycles. The second-order valence-corrected chi connectivity index (χ2v) is 6.24. The second kappa shape index (κ2) is 6.67. The molecule has 1 aliphatic heterocycles. The summed E-state index contributed by atoms with van der Waals surface area (Å²) in [4.78, 5) is 12.0. The summed E-state index contributed by atoms with van der Waals surface area (Å²) < 4.78 is 50.2. The molecule has 0 N–H and O–H groups in total. The Balaban J connectivity index is 2.70. The van der Waals surface area contributed by atoms with Gasteiger partial charge in [0.2, 0.25) is 6.10 Å². The number of esters is 1. The third kappa shape index (κ3) is 3.38. The molecule has 0 spiro atoms. The number of carbonyl (C=O) groups excluding carboxylic acids is 1. The molecule has 0 radical (unpaired) electrons. The molecule has 1 aliphatic rings. The normalized spacial score (nSPS) is 17.2. The molecule has 0 aliphatic carbocycles. The van der Waals surface area contributed by atoms with Gasteiger partial charge in [-0.15, -0.1) is 0 Å². The van der Waals surface area contributed by atoms with Gasteiger partial charge in [0.25, 0.3) is 0 Å². The molecule has 1 heterocycles. The van der Waals surface area contributed by atoms with E-state index in [4.69, 9.17) is 21.1 Å². The van der Waals surface area contributed by atoms with E-state index >= 15 is 0 Å². The Kier molecular flexibility index (Phi) is 5.18. The number of halogens is 4. The maximum absolute atomic E-state index is 13.4. The van der Waals surface area contributed by atoms with Gasteiger partial charge >= 0.3 is 12.1 Å². The van der Waals surface area contributed by atoms with E-state index in [1.54, 1.807) is 13.0 Å². The van der Waals surface area contributed by atoms with Gasteiger partial charge in [0, 0.05) is 10.6 Å². The predicted octanol–water partition coefficient (Wildman–Crippen LogP) is 5.04. The summed E-state index contributed by atoms with van der Waals surface area (Å²) in [5.74, 6) is -1.03. The second-order valence-electron chi connectivity index (χ2n) is 5.83. The van der Waals surface area contributed by atoms with Crippen LogP contribution in [-0.2, 0) is 9.53 Å². The first-order valence-corrected chi connectivity index (χ1v) is 7.90. The predicted molar refractivity (Wildman–Crippen MR) is 85.4 cm³/mol. The molecule has 0 saturated heterocycles. The van der Waals surface area contributed by atoms with Crippen molar-refractivity contribution in [1.29, 1.82) is 0 Å². The molecule has 0 amide bonds. The van der Waals surface area contributed by atoms with Crippen LogP contribution in [0.25, 0.3) is 6.08 Å². The van der Waals surface area contributed by atoms with Gasteiger partial charge in [-0.25, -0.2) is 4.79 Å². The maximum Gasteiger partial charge on any atom is 0.430 e. The van der Waals surface area contributed by atoms with E-state index in [1.165, 1.54) is 13.0 Å². The summed E-state index contributed by atoms with van der Waals surface area (Å²) in [6, 6.07) is 1.61. The summed E-state index contributed by atoms with van der Waals surface area (Å²) in [6.45, 7) is 6.83. The third-order valence-corrected chi connectivity index (χ3v) is 4.19. The Hall–Kier alpha value is -1.69. The van der Waals surface area contributed by atoms with Gasteiger partial charge in [-0.3, -0.25) is 0 Å². The minimum atomic E-state index is -4.74. The average Bonchev–Trinajstić information content (AvgIpc) is 2.48. The Morgan fingerprint density at radius 1 is 1.42 bits per heavy atom. The SMILES string of the molecule is CCOC(=O)C1=Cc2c(C)c(Cl)cc(C(C)C)c2OC1C(F)(F)F. The van der Waals surface area contributed by atoms with Crippen molar-refractivity contribution >= 4 is 23.6 Å². The number of benzene rings is 1. The van der Waals surface area contributed by atoms with E-state index in [2.05, 4.69) is 0 Å². The molecule has 0 saturated carbocycles. The van der Waals surface area contributed by atoms with Crippen LogP contribution in [-0.4, -0.2) is 24.9 Å². The van der Waals surface area contributed by atoms with Crippen molar-refractivity contribution in [3.8, 4) is 5.75 Å². The number of carbonyl (C=O) groups is 1. The van der Waals surface area contributed by atoms with Crippen LogP contribution >= 0.6 is 11.6 Å². The maximum atomic E-state index is 13.4. The van der Waals surface area contributed by atoms with Crippen molar-refractivity contribution in [1.82, 2.24) is 0 Å². The highest BCUT2D eigenvalue weighted by atomic mass is 35.5. The van der Waals surface area contributed by atoms with Gasteiger partial charge in [-0.05, 0) is 43.0 Å². The summed E-state index contributed by atoms with van der Waals surface area (Å²) in [7, 11) is 0. The van der Waals surface area contributed by atoms with E-state index in [0.29, 0.717) is 21.7 Å². The molecule has 7 heteroatoms. The van der Waals surface area contributed by atoms with Crippen molar-refractivity contribution in [3.63, 3.8) is 0 Å². The zero-order chi connectivity index (χ0) is 18.2. The van der Waals surface area contributed by atoms with E-state index in [0.717, 1.165) is 0 Å². The summed E-state index contributed by atoms with van der Waals surface area (Å²) in [6.07, 6.45) is -5.91. The fourth-order valence-electron chi connectivity index (χ4n) is 2.54. The number of fused-ring (bicyclic) bond motifs is 1. The largest absolute Gasteiger partial charge is 0.475 e. The minimum Gasteiger partial charge on any atom is -0.475 e. The molecule has 0 aromatic heterocycles. The Morgan fingerprint density at radius 2 is 2.04 bits per heavy atom. The first kappa shape index (κ1) is 18.6. The van der Waals surface area contributed by atoms with Gasteiger partial charge in [0.05, 0.1) is 12.2 Å². The molecule has 2 rings (SSSR count). The third-order valence-electron chi connectivity index (χ3n) is 3.80. The van der Waals surface area contributed by atoms with E-state index in [9.17, 15) is 18.0 Å². The lowest BCUT2D eigenvalue weighted by molar-refractivity contribution is -0.188. The fraction of sp³-hybridized carbons (Fsp3) is 0.471. The van der Waals surface area contributed by atoms with Crippen LogP contribution in [0, 0.1) is 6.92 Å². The lowest BCUT2D eigenvalue weighted by Gasteiger charge is -2.31. The lowest BCUT2D eigenvalue weighted by atomic mass is 9.91. The number of hydrogen-bond donors (Lipinski definition) is 0. The van der Waals surface area contributed by atoms with Crippen LogP contribution in [0.1, 0.15) is 43.4 Å². The van der Waals surface area contributed by atoms with Crippen molar-refractivity contribution < 1.29 is 27.4 Å². The van der Waals surface area contributed by atoms with Crippen LogP contribution in [0.3, 0.4) is 0 Å². The molecule has 0 bridgehead atoms. The van der Waals surface area contributed by atoms with Crippen molar-refractivity contribution in [2.45, 2.75) is 45.9 Å². The fourth-order valence-corrected chi connectivity index (χ4v) is 2.75. The quantitative estimate of drug-likeness (QED) is 0.706. The molecular formula is C17H18ClF3O3. The van der Waals surface area contributed by atoms with E-state index in [-0.39, 0.29) is 18.3 Å². The minimum absolute atomic E-state index is 0.0284. The van der Waals surface area contributed by atoms with Crippen LogP contribution in [0.5, 0.6) is 5.75 Å². The van der Waals surface area contributed by atoms with Crippen molar-refractivity contribution in [3.05, 3.63) is 33.4 Å². The number of rotatable bonds is 3. The van der Waals surface area contributed by atoms with Crippen LogP contribution < -0.4 is 4.74 Å². The molecule has 0 fully saturated rings. The van der Waals surface area contributed by atoms with Crippen molar-refractivity contribution in [2.24, 2.45) is 0 Å².